The van der Waals surface area contributed by atoms with E-state index in [-0.39, 0.29) is 22.8 Å². The van der Waals surface area contributed by atoms with Crippen LogP contribution in [0.2, 0.25) is 0 Å². The number of carbonyl (C=O) groups is 1. The Labute approximate surface area is 119 Å². The molecule has 0 bridgehead atoms. The van der Waals surface area contributed by atoms with Gasteiger partial charge < -0.3 is 9.32 Å². The summed E-state index contributed by atoms with van der Waals surface area (Å²) in [6, 6.07) is 2.76. The molecule has 112 valence electrons. The third-order valence-electron chi connectivity index (χ3n) is 3.77. The van der Waals surface area contributed by atoms with E-state index in [1.54, 1.807) is 11.9 Å². The lowest BCUT2D eigenvalue weighted by atomic mass is 10.1. The molecule has 0 saturated heterocycles. The minimum Gasteiger partial charge on any atom is -0.438 e. The Morgan fingerprint density at radius 1 is 1.25 bits per heavy atom. The highest BCUT2D eigenvalue weighted by atomic mass is 32.2. The van der Waals surface area contributed by atoms with Crippen LogP contribution in [0.15, 0.2) is 21.6 Å². The average Bonchev–Trinajstić information content (AvgIpc) is 2.74. The van der Waals surface area contributed by atoms with Crippen molar-refractivity contribution in [3.8, 4) is 0 Å². The summed E-state index contributed by atoms with van der Waals surface area (Å²) >= 11 is 0. The second-order valence-electron chi connectivity index (χ2n) is 5.23. The molecule has 0 radical (unpaired) electrons. The first kappa shape index (κ1) is 15.1. The van der Waals surface area contributed by atoms with Crippen molar-refractivity contribution >= 4 is 15.9 Å². The van der Waals surface area contributed by atoms with Crippen LogP contribution in [0.4, 0.5) is 0 Å². The van der Waals surface area contributed by atoms with Gasteiger partial charge in [-0.1, -0.05) is 25.7 Å². The lowest BCUT2D eigenvalue weighted by Crippen LogP contribution is -2.36. The van der Waals surface area contributed by atoms with Crippen LogP contribution in [-0.2, 0) is 10.0 Å². The van der Waals surface area contributed by atoms with Gasteiger partial charge in [-0.05, 0) is 25.0 Å². The van der Waals surface area contributed by atoms with E-state index in [0.717, 1.165) is 25.7 Å². The zero-order valence-electron chi connectivity index (χ0n) is 11.5. The van der Waals surface area contributed by atoms with Gasteiger partial charge in [-0.25, -0.2) is 13.6 Å². The highest BCUT2D eigenvalue weighted by Gasteiger charge is 2.25. The maximum absolute atomic E-state index is 12.3. The van der Waals surface area contributed by atoms with Gasteiger partial charge in [0, 0.05) is 13.1 Å². The van der Waals surface area contributed by atoms with Crippen LogP contribution in [-0.4, -0.2) is 32.3 Å². The summed E-state index contributed by atoms with van der Waals surface area (Å²) in [7, 11) is -2.18. The summed E-state index contributed by atoms with van der Waals surface area (Å²) in [4.78, 5) is 13.9. The van der Waals surface area contributed by atoms with Gasteiger partial charge in [-0.2, -0.15) is 0 Å². The largest absolute Gasteiger partial charge is 0.438 e. The monoisotopic (exact) mass is 300 g/mol. The van der Waals surface area contributed by atoms with Gasteiger partial charge in [0.25, 0.3) is 15.9 Å². The molecule has 1 saturated carbocycles. The molecule has 1 heterocycles. The number of primary sulfonamides is 1. The minimum absolute atomic E-state index is 0.0146. The molecule has 0 aromatic carbocycles. The van der Waals surface area contributed by atoms with Gasteiger partial charge >= 0.3 is 0 Å². The van der Waals surface area contributed by atoms with Gasteiger partial charge in [0.2, 0.25) is 5.09 Å². The summed E-state index contributed by atoms with van der Waals surface area (Å²) in [5.74, 6) is -0.285. The van der Waals surface area contributed by atoms with Gasteiger partial charge in [0.05, 0.1) is 0 Å². The second-order valence-corrected chi connectivity index (χ2v) is 6.72. The average molecular weight is 300 g/mol. The molecule has 0 unspecified atom stereocenters. The van der Waals surface area contributed by atoms with Gasteiger partial charge in [-0.15, -0.1) is 0 Å². The number of rotatable bonds is 3. The van der Waals surface area contributed by atoms with Crippen molar-refractivity contribution in [2.24, 2.45) is 5.14 Å². The van der Waals surface area contributed by atoms with Crippen molar-refractivity contribution < 1.29 is 17.6 Å². The van der Waals surface area contributed by atoms with Crippen molar-refractivity contribution in [1.82, 2.24) is 4.90 Å². The fourth-order valence-corrected chi connectivity index (χ4v) is 3.04. The first-order chi connectivity index (χ1) is 9.39. The maximum Gasteiger partial charge on any atom is 0.289 e. The minimum atomic E-state index is -3.91. The van der Waals surface area contributed by atoms with Gasteiger partial charge in [0.15, 0.2) is 5.76 Å². The summed E-state index contributed by atoms with van der Waals surface area (Å²) in [5, 5.41) is 4.58. The lowest BCUT2D eigenvalue weighted by Gasteiger charge is -2.26. The smallest absolute Gasteiger partial charge is 0.289 e. The number of carbonyl (C=O) groups excluding carboxylic acids is 1. The Balaban J connectivity index is 2.11. The summed E-state index contributed by atoms with van der Waals surface area (Å²) < 4.78 is 27.3. The number of hydrogen-bond donors (Lipinski definition) is 1. The lowest BCUT2D eigenvalue weighted by molar-refractivity contribution is 0.0679. The fourth-order valence-electron chi connectivity index (χ4n) is 2.57. The van der Waals surface area contributed by atoms with Gasteiger partial charge in [0.1, 0.15) is 0 Å². The molecule has 2 rings (SSSR count). The van der Waals surface area contributed by atoms with Crippen LogP contribution in [0.1, 0.15) is 49.1 Å². The fraction of sp³-hybridized carbons (Fsp3) is 0.615. The van der Waals surface area contributed by atoms with Crippen LogP contribution >= 0.6 is 0 Å². The molecule has 2 N–H and O–H groups in total. The second kappa shape index (κ2) is 5.97. The number of nitrogens with two attached hydrogens (primary N) is 1. The molecule has 1 aromatic rings. The molecule has 6 nitrogen and oxygen atoms in total. The molecule has 1 aromatic heterocycles. The molecular weight excluding hydrogens is 280 g/mol. The molecule has 0 atom stereocenters. The number of amides is 1. The Kier molecular flexibility index (Phi) is 4.49. The first-order valence-electron chi connectivity index (χ1n) is 6.79. The Morgan fingerprint density at radius 2 is 1.85 bits per heavy atom. The predicted molar refractivity (Wildman–Crippen MR) is 73.7 cm³/mol. The summed E-state index contributed by atoms with van der Waals surface area (Å²) in [6.07, 6.45) is 6.59. The van der Waals surface area contributed by atoms with E-state index in [0.29, 0.717) is 0 Å². The number of sulfonamides is 1. The van der Waals surface area contributed by atoms with Crippen LogP contribution in [0.25, 0.3) is 0 Å². The first-order valence-corrected chi connectivity index (χ1v) is 8.34. The number of furan rings is 1. The molecule has 0 spiro atoms. The third-order valence-corrected chi connectivity index (χ3v) is 4.55. The molecule has 7 heteroatoms. The van der Waals surface area contributed by atoms with Crippen LogP contribution in [0.3, 0.4) is 0 Å². The van der Waals surface area contributed by atoms with E-state index in [1.165, 1.54) is 25.0 Å². The van der Waals surface area contributed by atoms with Crippen molar-refractivity contribution in [3.05, 3.63) is 17.9 Å². The Hall–Kier alpha value is -1.34. The predicted octanol–water partition coefficient (Wildman–Crippen LogP) is 1.72. The molecule has 1 fully saturated rings. The van der Waals surface area contributed by atoms with Crippen molar-refractivity contribution in [1.29, 1.82) is 0 Å². The van der Waals surface area contributed by atoms with Crippen molar-refractivity contribution in [3.63, 3.8) is 0 Å². The number of hydrogen-bond acceptors (Lipinski definition) is 4. The highest BCUT2D eigenvalue weighted by molar-refractivity contribution is 7.89. The van der Waals surface area contributed by atoms with E-state index in [2.05, 4.69) is 0 Å². The standard InChI is InChI=1S/C13H20N2O4S/c1-15(10-6-4-2-3-5-7-10)13(16)11-8-9-12(19-11)20(14,17)18/h8-10H,2-7H2,1H3,(H2,14,17,18). The van der Waals surface area contributed by atoms with E-state index in [9.17, 15) is 13.2 Å². The van der Waals surface area contributed by atoms with E-state index in [1.807, 2.05) is 0 Å². The highest BCUT2D eigenvalue weighted by Crippen LogP contribution is 2.23. The molecule has 1 aliphatic carbocycles. The van der Waals surface area contributed by atoms with Crippen LogP contribution < -0.4 is 5.14 Å². The van der Waals surface area contributed by atoms with E-state index in [4.69, 9.17) is 9.56 Å². The van der Waals surface area contributed by atoms with Gasteiger partial charge in [-0.3, -0.25) is 4.79 Å². The third kappa shape index (κ3) is 3.40. The SMILES string of the molecule is CN(C(=O)c1ccc(S(N)(=O)=O)o1)C1CCCCCC1. The normalized spacial score (nSPS) is 17.7. The molecule has 20 heavy (non-hydrogen) atoms. The topological polar surface area (TPSA) is 93.6 Å². The molecule has 1 amide bonds. The molecular formula is C13H20N2O4S. The van der Waals surface area contributed by atoms with Crippen molar-refractivity contribution in [2.45, 2.75) is 49.7 Å². The maximum atomic E-state index is 12.3. The van der Waals surface area contributed by atoms with E-state index >= 15 is 0 Å². The van der Waals surface area contributed by atoms with Crippen LogP contribution in [0.5, 0.6) is 0 Å². The zero-order valence-corrected chi connectivity index (χ0v) is 12.4. The summed E-state index contributed by atoms with van der Waals surface area (Å²) in [6.45, 7) is 0. The quantitative estimate of drug-likeness (QED) is 0.860. The molecule has 0 aliphatic heterocycles. The van der Waals surface area contributed by atoms with Crippen LogP contribution in [0, 0.1) is 0 Å². The summed E-state index contributed by atoms with van der Waals surface area (Å²) in [5.41, 5.74) is 0. The van der Waals surface area contributed by atoms with Crippen molar-refractivity contribution in [2.75, 3.05) is 7.05 Å². The Bertz CT molecular complexity index is 571. The van der Waals surface area contributed by atoms with E-state index < -0.39 is 10.0 Å². The Morgan fingerprint density at radius 3 is 2.35 bits per heavy atom. The zero-order chi connectivity index (χ0) is 14.8. The molecule has 1 aliphatic rings. The number of nitrogens with zero attached hydrogens (tertiary/aromatic N) is 1.